The maximum Gasteiger partial charge on any atom is 0.283 e. The normalized spacial score (nSPS) is 12.0. The van der Waals surface area contributed by atoms with Crippen molar-refractivity contribution in [1.82, 2.24) is 19.7 Å². The summed E-state index contributed by atoms with van der Waals surface area (Å²) >= 11 is 1.26. The molecular formula is C18H17FN4O3S2. The Hall–Kier alpha value is -2.72. The van der Waals surface area contributed by atoms with Gasteiger partial charge in [0.05, 0.1) is 21.5 Å². The second-order valence-corrected chi connectivity index (χ2v) is 10.3. The van der Waals surface area contributed by atoms with Crippen LogP contribution in [0.1, 0.15) is 31.3 Å². The number of aromatic nitrogens is 3. The first-order valence-electron chi connectivity index (χ1n) is 8.18. The molecule has 0 bridgehead atoms. The molecule has 10 heteroatoms. The number of carbonyl (C=O) groups is 1. The first-order chi connectivity index (χ1) is 13.1. The molecule has 0 spiro atoms. The van der Waals surface area contributed by atoms with Crippen LogP contribution >= 0.6 is 11.3 Å². The quantitative estimate of drug-likeness (QED) is 0.695. The molecule has 146 valence electrons. The molecule has 3 heterocycles. The average Bonchev–Trinajstić information content (AvgIpc) is 3.11. The smallest absolute Gasteiger partial charge is 0.266 e. The third kappa shape index (κ3) is 4.23. The number of hydrogen-bond donors (Lipinski definition) is 1. The summed E-state index contributed by atoms with van der Waals surface area (Å²) in [5.41, 5.74) is 0.947. The topological polar surface area (TPSA) is 102 Å². The molecule has 28 heavy (non-hydrogen) atoms. The van der Waals surface area contributed by atoms with Crippen molar-refractivity contribution >= 4 is 27.3 Å². The minimum absolute atomic E-state index is 0.0345. The number of nitrogens with zero attached hydrogens (tertiary/aromatic N) is 3. The largest absolute Gasteiger partial charge is 0.283 e. The molecule has 0 atom stereocenters. The minimum atomic E-state index is -3.85. The second kappa shape index (κ2) is 7.36. The van der Waals surface area contributed by atoms with Crippen molar-refractivity contribution in [2.75, 3.05) is 0 Å². The Bertz CT molecular complexity index is 1140. The number of pyridine rings is 2. The Balaban J connectivity index is 1.87. The Morgan fingerprint density at radius 1 is 1.18 bits per heavy atom. The number of hydrogen-bond acceptors (Lipinski definition) is 7. The molecule has 1 amide bonds. The molecule has 0 radical (unpaired) electrons. The number of halogens is 1. The van der Waals surface area contributed by atoms with Crippen molar-refractivity contribution in [1.29, 1.82) is 0 Å². The maximum atomic E-state index is 13.4. The third-order valence-corrected chi connectivity index (χ3v) is 6.86. The SMILES string of the molecule is CC(C)(C)S(=O)(=O)NC(=O)c1cccc(-c2cnc(-c3cncc(F)c3)s2)n1. The Morgan fingerprint density at radius 3 is 2.61 bits per heavy atom. The predicted molar refractivity (Wildman–Crippen MR) is 105 cm³/mol. The monoisotopic (exact) mass is 420 g/mol. The van der Waals surface area contributed by atoms with Crippen LogP contribution in [-0.2, 0) is 10.0 Å². The molecule has 3 aromatic heterocycles. The van der Waals surface area contributed by atoms with Gasteiger partial charge in [0.25, 0.3) is 5.91 Å². The van der Waals surface area contributed by atoms with Crippen LogP contribution in [-0.4, -0.2) is 34.0 Å². The lowest BCUT2D eigenvalue weighted by Gasteiger charge is -2.19. The first kappa shape index (κ1) is 20.0. The van der Waals surface area contributed by atoms with E-state index in [9.17, 15) is 17.6 Å². The Labute approximate surface area is 165 Å². The molecule has 0 fully saturated rings. The summed E-state index contributed by atoms with van der Waals surface area (Å²) in [6.45, 7) is 4.48. The average molecular weight is 420 g/mol. The van der Waals surface area contributed by atoms with E-state index in [1.807, 2.05) is 4.72 Å². The molecule has 0 saturated carbocycles. The van der Waals surface area contributed by atoms with E-state index in [-0.39, 0.29) is 5.69 Å². The minimum Gasteiger partial charge on any atom is -0.266 e. The highest BCUT2D eigenvalue weighted by Crippen LogP contribution is 2.31. The fourth-order valence-corrected chi connectivity index (χ4v) is 3.60. The zero-order valence-electron chi connectivity index (χ0n) is 15.3. The summed E-state index contributed by atoms with van der Waals surface area (Å²) in [7, 11) is -3.85. The molecule has 0 aliphatic carbocycles. The molecule has 3 aromatic rings. The zero-order chi connectivity index (χ0) is 20.5. The maximum absolute atomic E-state index is 13.4. The van der Waals surface area contributed by atoms with E-state index in [4.69, 9.17) is 0 Å². The lowest BCUT2D eigenvalue weighted by Crippen LogP contribution is -2.42. The Morgan fingerprint density at radius 2 is 1.93 bits per heavy atom. The number of carbonyl (C=O) groups excluding carboxylic acids is 1. The molecule has 3 rings (SSSR count). The van der Waals surface area contributed by atoms with E-state index in [1.54, 1.807) is 18.3 Å². The van der Waals surface area contributed by atoms with Crippen LogP contribution < -0.4 is 4.72 Å². The van der Waals surface area contributed by atoms with Gasteiger partial charge in [-0.1, -0.05) is 6.07 Å². The third-order valence-electron chi connectivity index (χ3n) is 3.72. The first-order valence-corrected chi connectivity index (χ1v) is 10.5. The van der Waals surface area contributed by atoms with Crippen LogP contribution in [0.3, 0.4) is 0 Å². The lowest BCUT2D eigenvalue weighted by molar-refractivity contribution is 0.0976. The van der Waals surface area contributed by atoms with Gasteiger partial charge in [-0.3, -0.25) is 9.78 Å². The molecule has 0 aromatic carbocycles. The van der Waals surface area contributed by atoms with Crippen LogP contribution in [0.15, 0.2) is 42.9 Å². The van der Waals surface area contributed by atoms with Crippen molar-refractivity contribution in [3.63, 3.8) is 0 Å². The number of sulfonamides is 1. The van der Waals surface area contributed by atoms with Gasteiger partial charge < -0.3 is 0 Å². The standard InChI is InChI=1S/C18H17FN4O3S2/c1-18(2,3)28(25,26)23-16(24)14-6-4-5-13(22-14)15-10-21-17(27-15)11-7-12(19)9-20-8-11/h4-10H,1-3H3,(H,23,24). The molecular weight excluding hydrogens is 403 g/mol. The zero-order valence-corrected chi connectivity index (χ0v) is 16.9. The highest BCUT2D eigenvalue weighted by Gasteiger charge is 2.31. The number of thiazole rings is 1. The van der Waals surface area contributed by atoms with E-state index in [2.05, 4.69) is 15.0 Å². The van der Waals surface area contributed by atoms with Crippen molar-refractivity contribution < 1.29 is 17.6 Å². The van der Waals surface area contributed by atoms with Crippen molar-refractivity contribution in [2.24, 2.45) is 0 Å². The molecule has 0 aliphatic heterocycles. The van der Waals surface area contributed by atoms with Crippen molar-refractivity contribution in [3.05, 3.63) is 54.4 Å². The van der Waals surface area contributed by atoms with E-state index >= 15 is 0 Å². The van der Waals surface area contributed by atoms with Gasteiger partial charge in [-0.2, -0.15) is 0 Å². The van der Waals surface area contributed by atoms with E-state index < -0.39 is 26.5 Å². The van der Waals surface area contributed by atoms with Crippen LogP contribution in [0.2, 0.25) is 0 Å². The fraction of sp³-hybridized carbons (Fsp3) is 0.222. The van der Waals surface area contributed by atoms with Gasteiger partial charge in [0.15, 0.2) is 0 Å². The predicted octanol–water partition coefficient (Wildman–Crippen LogP) is 3.26. The highest BCUT2D eigenvalue weighted by atomic mass is 32.2. The van der Waals surface area contributed by atoms with Crippen molar-refractivity contribution in [3.8, 4) is 21.1 Å². The number of amides is 1. The second-order valence-electron chi connectivity index (χ2n) is 6.88. The van der Waals surface area contributed by atoms with Crippen LogP contribution in [0.25, 0.3) is 21.1 Å². The molecule has 0 saturated heterocycles. The van der Waals surface area contributed by atoms with Crippen LogP contribution in [0, 0.1) is 5.82 Å². The number of nitrogens with one attached hydrogen (secondary N) is 1. The molecule has 0 unspecified atom stereocenters. The summed E-state index contributed by atoms with van der Waals surface area (Å²) in [6, 6.07) is 6.03. The molecule has 0 aliphatic rings. The Kier molecular flexibility index (Phi) is 5.26. The summed E-state index contributed by atoms with van der Waals surface area (Å²) in [5.74, 6) is -1.28. The van der Waals surface area contributed by atoms with Gasteiger partial charge in [0, 0.05) is 18.0 Å². The van der Waals surface area contributed by atoms with E-state index in [1.165, 1.54) is 50.4 Å². The fourth-order valence-electron chi connectivity index (χ4n) is 2.08. The summed E-state index contributed by atoms with van der Waals surface area (Å²) < 4.78 is 38.6. The van der Waals surface area contributed by atoms with E-state index in [0.29, 0.717) is 21.1 Å². The van der Waals surface area contributed by atoms with Gasteiger partial charge in [0.2, 0.25) is 10.0 Å². The van der Waals surface area contributed by atoms with Gasteiger partial charge in [-0.25, -0.2) is 27.5 Å². The highest BCUT2D eigenvalue weighted by molar-refractivity contribution is 7.91. The van der Waals surface area contributed by atoms with Gasteiger partial charge in [-0.15, -0.1) is 11.3 Å². The summed E-state index contributed by atoms with van der Waals surface area (Å²) in [4.78, 5) is 25.3. The number of rotatable bonds is 4. The lowest BCUT2D eigenvalue weighted by atomic mass is 10.2. The van der Waals surface area contributed by atoms with E-state index in [0.717, 1.165) is 6.20 Å². The summed E-state index contributed by atoms with van der Waals surface area (Å²) in [5, 5.41) is 0.550. The summed E-state index contributed by atoms with van der Waals surface area (Å²) in [6.07, 6.45) is 4.16. The van der Waals surface area contributed by atoms with Crippen LogP contribution in [0.5, 0.6) is 0 Å². The molecule has 7 nitrogen and oxygen atoms in total. The molecule has 1 N–H and O–H groups in total. The van der Waals surface area contributed by atoms with Crippen LogP contribution in [0.4, 0.5) is 4.39 Å². The van der Waals surface area contributed by atoms with Gasteiger partial charge in [-0.05, 0) is 39.0 Å². The van der Waals surface area contributed by atoms with Gasteiger partial charge >= 0.3 is 0 Å². The van der Waals surface area contributed by atoms with Crippen molar-refractivity contribution in [2.45, 2.75) is 25.5 Å². The van der Waals surface area contributed by atoms with Gasteiger partial charge in [0.1, 0.15) is 16.5 Å².